The summed E-state index contributed by atoms with van der Waals surface area (Å²) in [5, 5.41) is 3.22. The summed E-state index contributed by atoms with van der Waals surface area (Å²) in [4.78, 5) is 23.4. The number of amides is 1. The first-order valence-electron chi connectivity index (χ1n) is 7.37. The number of para-hydroxylation sites is 1. The molecule has 122 valence electrons. The number of aromatic nitrogens is 1. The smallest absolute Gasteiger partial charge is 0.257 e. The van der Waals surface area contributed by atoms with E-state index in [0.29, 0.717) is 30.3 Å². The lowest BCUT2D eigenvalue weighted by Crippen LogP contribution is -2.31. The molecule has 0 unspecified atom stereocenters. The van der Waals surface area contributed by atoms with Crippen molar-refractivity contribution in [3.63, 3.8) is 0 Å². The topological polar surface area (TPSA) is 60.3 Å². The van der Waals surface area contributed by atoms with Crippen LogP contribution in [0.2, 0.25) is 5.02 Å². The van der Waals surface area contributed by atoms with Crippen LogP contribution < -0.4 is 15.6 Å². The van der Waals surface area contributed by atoms with Crippen LogP contribution in [0.5, 0.6) is 5.75 Å². The van der Waals surface area contributed by atoms with Gasteiger partial charge in [0.2, 0.25) is 0 Å². The lowest BCUT2D eigenvalue weighted by Gasteiger charge is -2.09. The number of ether oxygens (including phenoxy) is 1. The summed E-state index contributed by atoms with van der Waals surface area (Å²) in [7, 11) is 0. The fourth-order valence-corrected chi connectivity index (χ4v) is 2.22. The van der Waals surface area contributed by atoms with Gasteiger partial charge >= 0.3 is 0 Å². The summed E-state index contributed by atoms with van der Waals surface area (Å²) in [6, 6.07) is 10.5. The van der Waals surface area contributed by atoms with Gasteiger partial charge in [0.15, 0.2) is 6.61 Å². The zero-order valence-electron chi connectivity index (χ0n) is 12.9. The van der Waals surface area contributed by atoms with E-state index in [2.05, 4.69) is 5.32 Å². The van der Waals surface area contributed by atoms with Gasteiger partial charge in [-0.1, -0.05) is 23.7 Å². The molecule has 0 aliphatic carbocycles. The summed E-state index contributed by atoms with van der Waals surface area (Å²) >= 11 is 5.94. The van der Waals surface area contributed by atoms with Crippen LogP contribution in [0.1, 0.15) is 12.0 Å². The van der Waals surface area contributed by atoms with Crippen molar-refractivity contribution < 1.29 is 9.53 Å². The molecule has 0 saturated heterocycles. The third-order valence-electron chi connectivity index (χ3n) is 3.24. The van der Waals surface area contributed by atoms with Crippen molar-refractivity contribution in [1.82, 2.24) is 9.88 Å². The minimum Gasteiger partial charge on any atom is -0.482 e. The normalized spacial score (nSPS) is 10.3. The molecular weight excluding hydrogens is 316 g/mol. The summed E-state index contributed by atoms with van der Waals surface area (Å²) in [6.07, 6.45) is 2.43. The predicted molar refractivity (Wildman–Crippen MR) is 90.0 cm³/mol. The van der Waals surface area contributed by atoms with Crippen LogP contribution in [0, 0.1) is 6.92 Å². The Morgan fingerprint density at radius 1 is 1.30 bits per heavy atom. The van der Waals surface area contributed by atoms with Gasteiger partial charge in [0, 0.05) is 25.4 Å². The average molecular weight is 335 g/mol. The number of halogens is 1. The number of carbonyl (C=O) groups is 1. The number of benzene rings is 1. The van der Waals surface area contributed by atoms with Crippen molar-refractivity contribution in [2.45, 2.75) is 19.9 Å². The molecule has 1 N–H and O–H groups in total. The summed E-state index contributed by atoms with van der Waals surface area (Å²) in [6.45, 7) is 2.83. The van der Waals surface area contributed by atoms with Gasteiger partial charge in [-0.05, 0) is 37.1 Å². The van der Waals surface area contributed by atoms with Gasteiger partial charge in [0.05, 0.1) is 5.02 Å². The molecule has 23 heavy (non-hydrogen) atoms. The summed E-state index contributed by atoms with van der Waals surface area (Å²) in [5.41, 5.74) is 0.912. The van der Waals surface area contributed by atoms with Gasteiger partial charge in [-0.3, -0.25) is 9.59 Å². The maximum absolute atomic E-state index is 11.7. The third kappa shape index (κ3) is 5.45. The number of nitrogens with one attached hydrogen (secondary N) is 1. The monoisotopic (exact) mass is 334 g/mol. The Morgan fingerprint density at radius 2 is 2.09 bits per heavy atom. The van der Waals surface area contributed by atoms with Crippen LogP contribution in [-0.2, 0) is 11.3 Å². The number of rotatable bonds is 7. The Bertz CT molecular complexity index is 728. The van der Waals surface area contributed by atoms with Crippen LogP contribution >= 0.6 is 11.6 Å². The first kappa shape index (κ1) is 17.1. The minimum atomic E-state index is -0.221. The predicted octanol–water partition coefficient (Wildman–Crippen LogP) is 2.40. The molecule has 6 heteroatoms. The first-order valence-corrected chi connectivity index (χ1v) is 7.75. The molecule has 2 aromatic rings. The number of hydrogen-bond donors (Lipinski definition) is 1. The van der Waals surface area contributed by atoms with Gasteiger partial charge in [0.1, 0.15) is 5.75 Å². The van der Waals surface area contributed by atoms with Crippen LogP contribution in [-0.4, -0.2) is 23.6 Å². The molecule has 0 spiro atoms. The molecule has 5 nitrogen and oxygen atoms in total. The Hall–Kier alpha value is -2.27. The molecule has 0 radical (unpaired) electrons. The zero-order valence-corrected chi connectivity index (χ0v) is 13.7. The number of aryl methyl sites for hydroxylation is 2. The van der Waals surface area contributed by atoms with E-state index >= 15 is 0 Å². The van der Waals surface area contributed by atoms with Gasteiger partial charge in [-0.15, -0.1) is 0 Å². The second-order valence-electron chi connectivity index (χ2n) is 5.16. The molecular formula is C17H19ClN2O3. The number of hydrogen-bond acceptors (Lipinski definition) is 3. The molecule has 0 saturated carbocycles. The maximum atomic E-state index is 11.7. The first-order chi connectivity index (χ1) is 11.1. The molecule has 0 atom stereocenters. The molecule has 2 rings (SSSR count). The second-order valence-corrected chi connectivity index (χ2v) is 5.57. The Balaban J connectivity index is 1.69. The number of pyridine rings is 1. The Labute approximate surface area is 139 Å². The van der Waals surface area contributed by atoms with E-state index in [9.17, 15) is 9.59 Å². The van der Waals surface area contributed by atoms with Crippen molar-refractivity contribution in [3.05, 3.63) is 63.5 Å². The van der Waals surface area contributed by atoms with Crippen LogP contribution in [0.3, 0.4) is 0 Å². The molecule has 0 bridgehead atoms. The zero-order chi connectivity index (χ0) is 16.7. The highest BCUT2D eigenvalue weighted by Crippen LogP contribution is 2.22. The SMILES string of the molecule is Cc1ccn(CCCNC(=O)COc2ccccc2Cl)c(=O)c1. The number of nitrogens with zero attached hydrogens (tertiary/aromatic N) is 1. The van der Waals surface area contributed by atoms with Crippen LogP contribution in [0.25, 0.3) is 0 Å². The van der Waals surface area contributed by atoms with Crippen molar-refractivity contribution in [3.8, 4) is 5.75 Å². The van der Waals surface area contributed by atoms with Gasteiger partial charge in [-0.25, -0.2) is 0 Å². The van der Waals surface area contributed by atoms with E-state index in [1.807, 2.05) is 13.0 Å². The second kappa shape index (κ2) is 8.39. The molecule has 1 heterocycles. The van der Waals surface area contributed by atoms with Crippen LogP contribution in [0.15, 0.2) is 47.4 Å². The molecule has 1 aromatic carbocycles. The number of carbonyl (C=O) groups excluding carboxylic acids is 1. The van der Waals surface area contributed by atoms with Crippen molar-refractivity contribution in [1.29, 1.82) is 0 Å². The fourth-order valence-electron chi connectivity index (χ4n) is 2.02. The van der Waals surface area contributed by atoms with Crippen molar-refractivity contribution in [2.24, 2.45) is 0 Å². The highest BCUT2D eigenvalue weighted by atomic mass is 35.5. The fraction of sp³-hybridized carbons (Fsp3) is 0.294. The molecule has 0 fully saturated rings. The van der Waals surface area contributed by atoms with Gasteiger partial charge in [0.25, 0.3) is 11.5 Å². The lowest BCUT2D eigenvalue weighted by molar-refractivity contribution is -0.123. The molecule has 0 aliphatic rings. The van der Waals surface area contributed by atoms with E-state index < -0.39 is 0 Å². The van der Waals surface area contributed by atoms with E-state index in [4.69, 9.17) is 16.3 Å². The lowest BCUT2D eigenvalue weighted by atomic mass is 10.3. The average Bonchev–Trinajstić information content (AvgIpc) is 2.52. The van der Waals surface area contributed by atoms with Crippen molar-refractivity contribution >= 4 is 17.5 Å². The summed E-state index contributed by atoms with van der Waals surface area (Å²) in [5.74, 6) is 0.261. The molecule has 1 amide bonds. The Kier molecular flexibility index (Phi) is 6.23. The standard InChI is InChI=1S/C17H19ClN2O3/c1-13-7-10-20(17(22)11-13)9-4-8-19-16(21)12-23-15-6-3-2-5-14(15)18/h2-3,5-7,10-11H,4,8-9,12H2,1H3,(H,19,21). The van der Waals surface area contributed by atoms with Crippen LogP contribution in [0.4, 0.5) is 0 Å². The van der Waals surface area contributed by atoms with E-state index in [-0.39, 0.29) is 18.1 Å². The maximum Gasteiger partial charge on any atom is 0.257 e. The minimum absolute atomic E-state index is 0.0293. The van der Waals surface area contributed by atoms with E-state index in [0.717, 1.165) is 5.56 Å². The van der Waals surface area contributed by atoms with Crippen molar-refractivity contribution in [2.75, 3.05) is 13.2 Å². The van der Waals surface area contributed by atoms with E-state index in [1.54, 1.807) is 41.1 Å². The van der Waals surface area contributed by atoms with Gasteiger partial charge in [-0.2, -0.15) is 0 Å². The summed E-state index contributed by atoms with van der Waals surface area (Å²) < 4.78 is 6.97. The molecule has 1 aromatic heterocycles. The highest BCUT2D eigenvalue weighted by Gasteiger charge is 2.05. The molecule has 0 aliphatic heterocycles. The Morgan fingerprint density at radius 3 is 2.83 bits per heavy atom. The van der Waals surface area contributed by atoms with Gasteiger partial charge < -0.3 is 14.6 Å². The highest BCUT2D eigenvalue weighted by molar-refractivity contribution is 6.32. The van der Waals surface area contributed by atoms with E-state index in [1.165, 1.54) is 0 Å². The largest absolute Gasteiger partial charge is 0.482 e. The third-order valence-corrected chi connectivity index (χ3v) is 3.56. The quantitative estimate of drug-likeness (QED) is 0.791.